The molecular formula is C3H15N4+3. The van der Waals surface area contributed by atoms with Gasteiger partial charge in [0.15, 0.2) is 0 Å². The van der Waals surface area contributed by atoms with Crippen molar-refractivity contribution in [3.8, 4) is 0 Å². The molecule has 0 unspecified atom stereocenters. The Morgan fingerprint density at radius 3 is 1.14 bits per heavy atom. The molecule has 0 aromatic heterocycles. The molecule has 44 valence electrons. The Balaban J connectivity index is 2.99. The van der Waals surface area contributed by atoms with E-state index in [-0.39, 0.29) is 0 Å². The van der Waals surface area contributed by atoms with Crippen LogP contribution in [0.3, 0.4) is 0 Å². The van der Waals surface area contributed by atoms with E-state index in [2.05, 4.69) is 17.2 Å². The fourth-order valence-corrected chi connectivity index (χ4v) is 0.335. The molecule has 0 spiro atoms. The number of rotatable bonds is 3. The van der Waals surface area contributed by atoms with Crippen LogP contribution < -0.4 is 17.2 Å². The van der Waals surface area contributed by atoms with Gasteiger partial charge in [-0.3, -0.25) is 0 Å². The van der Waals surface area contributed by atoms with E-state index >= 15 is 0 Å². The molecular weight excluding hydrogens is 92.1 g/mol. The highest BCUT2D eigenvalue weighted by Crippen LogP contribution is 1.62. The van der Waals surface area contributed by atoms with Crippen molar-refractivity contribution in [1.82, 2.24) is 4.90 Å². The first-order chi connectivity index (χ1) is 3.35. The standard InChI is InChI=1S/C3H12N4/c4-1-7(2-5)3-6/h1-6H2/p+3. The number of quaternary nitrogens is 3. The number of hydrogen-bond acceptors (Lipinski definition) is 1. The Morgan fingerprint density at radius 1 is 0.857 bits per heavy atom. The molecule has 0 aliphatic carbocycles. The topological polar surface area (TPSA) is 86.2 Å². The summed E-state index contributed by atoms with van der Waals surface area (Å²) in [6.45, 7) is 2.44. The second kappa shape index (κ2) is 4.01. The molecule has 0 rings (SSSR count). The molecule has 0 saturated carbocycles. The van der Waals surface area contributed by atoms with Crippen LogP contribution in [0, 0.1) is 0 Å². The summed E-state index contributed by atoms with van der Waals surface area (Å²) in [5.74, 6) is 0. The fraction of sp³-hybridized carbons (Fsp3) is 1.00. The van der Waals surface area contributed by atoms with Crippen molar-refractivity contribution in [2.75, 3.05) is 20.0 Å². The first-order valence-corrected chi connectivity index (χ1v) is 2.45. The molecule has 4 heteroatoms. The van der Waals surface area contributed by atoms with Crippen molar-refractivity contribution < 1.29 is 17.2 Å². The van der Waals surface area contributed by atoms with Gasteiger partial charge in [-0.15, -0.1) is 0 Å². The predicted molar refractivity (Wildman–Crippen MR) is 25.1 cm³/mol. The smallest absolute Gasteiger partial charge is 0.139 e. The normalized spacial score (nSPS) is 10.3. The lowest BCUT2D eigenvalue weighted by atomic mass is 10.8. The summed E-state index contributed by atoms with van der Waals surface area (Å²) in [6, 6.07) is 0. The summed E-state index contributed by atoms with van der Waals surface area (Å²) >= 11 is 0. The van der Waals surface area contributed by atoms with Gasteiger partial charge in [-0.1, -0.05) is 0 Å². The first kappa shape index (κ1) is 6.84. The molecule has 0 fully saturated rings. The van der Waals surface area contributed by atoms with E-state index in [1.165, 1.54) is 0 Å². The van der Waals surface area contributed by atoms with Gasteiger partial charge in [0, 0.05) is 0 Å². The molecule has 7 heavy (non-hydrogen) atoms. The summed E-state index contributed by atoms with van der Waals surface area (Å²) in [7, 11) is 0. The minimum absolute atomic E-state index is 0.812. The highest BCUT2D eigenvalue weighted by molar-refractivity contribution is 4.24. The molecule has 0 aromatic rings. The predicted octanol–water partition coefficient (Wildman–Crippen LogP) is -4.11. The van der Waals surface area contributed by atoms with Gasteiger partial charge in [0.1, 0.15) is 20.0 Å². The van der Waals surface area contributed by atoms with Crippen LogP contribution in [0.1, 0.15) is 0 Å². The van der Waals surface area contributed by atoms with Gasteiger partial charge >= 0.3 is 0 Å². The zero-order valence-corrected chi connectivity index (χ0v) is 4.69. The first-order valence-electron chi connectivity index (χ1n) is 2.45. The van der Waals surface area contributed by atoms with Crippen LogP contribution in [-0.2, 0) is 0 Å². The Labute approximate surface area is 43.2 Å². The van der Waals surface area contributed by atoms with Gasteiger partial charge in [-0.2, -0.15) is 4.90 Å². The van der Waals surface area contributed by atoms with E-state index in [0.717, 1.165) is 20.0 Å². The Kier molecular flexibility index (Phi) is 3.92. The maximum atomic E-state index is 3.67. The minimum atomic E-state index is 0.812. The minimum Gasteiger partial charge on any atom is -0.345 e. The van der Waals surface area contributed by atoms with E-state index in [1.54, 1.807) is 0 Å². The molecule has 0 saturated heterocycles. The molecule has 0 radical (unpaired) electrons. The molecule has 4 nitrogen and oxygen atoms in total. The third kappa shape index (κ3) is 2.52. The van der Waals surface area contributed by atoms with Crippen molar-refractivity contribution in [3.05, 3.63) is 0 Å². The molecule has 0 bridgehead atoms. The van der Waals surface area contributed by atoms with Crippen LogP contribution in [0.2, 0.25) is 0 Å². The molecule has 0 heterocycles. The molecule has 0 amide bonds. The van der Waals surface area contributed by atoms with Crippen molar-refractivity contribution >= 4 is 0 Å². The van der Waals surface area contributed by atoms with Gasteiger partial charge in [0.2, 0.25) is 0 Å². The van der Waals surface area contributed by atoms with E-state index < -0.39 is 0 Å². The zero-order chi connectivity index (χ0) is 5.70. The van der Waals surface area contributed by atoms with Gasteiger partial charge in [0.25, 0.3) is 0 Å². The summed E-state index contributed by atoms with van der Waals surface area (Å²) in [4.78, 5) is 2.04. The van der Waals surface area contributed by atoms with Crippen LogP contribution in [-0.4, -0.2) is 24.9 Å². The average Bonchev–Trinajstić information content (AvgIpc) is 1.72. The van der Waals surface area contributed by atoms with E-state index in [0.29, 0.717) is 0 Å². The second-order valence-corrected chi connectivity index (χ2v) is 1.34. The monoisotopic (exact) mass is 107 g/mol. The Bertz CT molecular complexity index is 28.4. The highest BCUT2D eigenvalue weighted by atomic mass is 15.2. The molecule has 0 aliphatic rings. The van der Waals surface area contributed by atoms with Crippen LogP contribution >= 0.6 is 0 Å². The Morgan fingerprint density at radius 2 is 1.14 bits per heavy atom. The van der Waals surface area contributed by atoms with E-state index in [1.807, 2.05) is 4.90 Å². The molecule has 9 N–H and O–H groups in total. The zero-order valence-electron chi connectivity index (χ0n) is 4.69. The SMILES string of the molecule is [NH3+]CN(C[NH3+])C[NH3+]. The van der Waals surface area contributed by atoms with Gasteiger partial charge in [0.05, 0.1) is 0 Å². The van der Waals surface area contributed by atoms with Gasteiger partial charge < -0.3 is 17.2 Å². The number of hydrogen-bond donors (Lipinski definition) is 3. The lowest BCUT2D eigenvalue weighted by Crippen LogP contribution is -2.73. The van der Waals surface area contributed by atoms with Crippen LogP contribution in [0.5, 0.6) is 0 Å². The maximum absolute atomic E-state index is 3.67. The molecule has 0 atom stereocenters. The highest BCUT2D eigenvalue weighted by Gasteiger charge is 1.98. The third-order valence-corrected chi connectivity index (χ3v) is 0.949. The lowest BCUT2D eigenvalue weighted by Gasteiger charge is -2.04. The molecule has 0 aliphatic heterocycles. The van der Waals surface area contributed by atoms with Gasteiger partial charge in [-0.25, -0.2) is 0 Å². The summed E-state index contributed by atoms with van der Waals surface area (Å²) < 4.78 is 0. The van der Waals surface area contributed by atoms with Crippen molar-refractivity contribution in [2.45, 2.75) is 0 Å². The van der Waals surface area contributed by atoms with E-state index in [9.17, 15) is 0 Å². The van der Waals surface area contributed by atoms with Crippen LogP contribution in [0.4, 0.5) is 0 Å². The lowest BCUT2D eigenvalue weighted by molar-refractivity contribution is -0.504. The number of nitrogens with zero attached hydrogens (tertiary/aromatic N) is 1. The second-order valence-electron chi connectivity index (χ2n) is 1.34. The average molecular weight is 107 g/mol. The van der Waals surface area contributed by atoms with Crippen molar-refractivity contribution in [1.29, 1.82) is 0 Å². The van der Waals surface area contributed by atoms with Crippen LogP contribution in [0.15, 0.2) is 0 Å². The van der Waals surface area contributed by atoms with E-state index in [4.69, 9.17) is 0 Å². The maximum Gasteiger partial charge on any atom is 0.139 e. The van der Waals surface area contributed by atoms with Gasteiger partial charge in [-0.05, 0) is 0 Å². The van der Waals surface area contributed by atoms with Crippen molar-refractivity contribution in [2.24, 2.45) is 0 Å². The van der Waals surface area contributed by atoms with Crippen molar-refractivity contribution in [3.63, 3.8) is 0 Å². The summed E-state index contributed by atoms with van der Waals surface area (Å²) in [5, 5.41) is 0. The molecule has 0 aromatic carbocycles. The summed E-state index contributed by atoms with van der Waals surface area (Å²) in [6.07, 6.45) is 0. The van der Waals surface area contributed by atoms with Crippen LogP contribution in [0.25, 0.3) is 0 Å². The Hall–Kier alpha value is -0.160. The largest absolute Gasteiger partial charge is 0.345 e. The quantitative estimate of drug-likeness (QED) is 0.314. The fourth-order valence-electron chi connectivity index (χ4n) is 0.335. The third-order valence-electron chi connectivity index (χ3n) is 0.949. The summed E-state index contributed by atoms with van der Waals surface area (Å²) in [5.41, 5.74) is 11.0.